The van der Waals surface area contributed by atoms with E-state index in [0.29, 0.717) is 19.4 Å². The number of likely N-dealkylation sites (tertiary alicyclic amines) is 1. The van der Waals surface area contributed by atoms with E-state index >= 15 is 0 Å². The summed E-state index contributed by atoms with van der Waals surface area (Å²) in [5.74, 6) is -1.04. The lowest BCUT2D eigenvalue weighted by Gasteiger charge is -2.44. The molecule has 4 atom stereocenters. The molecule has 7 heteroatoms. The number of β-amino-alcohol motifs (C(OH)–C–C–N with tert-alkyl or cyclic N) is 1. The van der Waals surface area contributed by atoms with Crippen LogP contribution in [0.2, 0.25) is 0 Å². The summed E-state index contributed by atoms with van der Waals surface area (Å²) < 4.78 is 37.9. The molecule has 0 radical (unpaired) electrons. The minimum Gasteiger partial charge on any atom is -0.389 e. The van der Waals surface area contributed by atoms with Crippen LogP contribution in [-0.2, 0) is 0 Å². The maximum Gasteiger partial charge on any atom is 0.391 e. The van der Waals surface area contributed by atoms with Gasteiger partial charge >= 0.3 is 6.18 Å². The van der Waals surface area contributed by atoms with Gasteiger partial charge in [0, 0.05) is 19.1 Å². The van der Waals surface area contributed by atoms with Crippen molar-refractivity contribution in [2.75, 3.05) is 13.1 Å². The van der Waals surface area contributed by atoms with Gasteiger partial charge in [0.25, 0.3) is 0 Å². The molecule has 1 saturated heterocycles. The third-order valence-corrected chi connectivity index (χ3v) is 5.04. The number of nitrogens with zero attached hydrogens (tertiary/aromatic N) is 1. The van der Waals surface area contributed by atoms with Gasteiger partial charge in [0.05, 0.1) is 18.1 Å². The van der Waals surface area contributed by atoms with E-state index in [1.54, 1.807) is 6.92 Å². The average Bonchev–Trinajstić information content (AvgIpc) is 2.42. The van der Waals surface area contributed by atoms with Gasteiger partial charge in [0.2, 0.25) is 0 Å². The number of hydrogen-bond acceptors (Lipinski definition) is 4. The minimum atomic E-state index is -4.10. The number of aliphatic hydroxyl groups is 3. The number of halogens is 3. The van der Waals surface area contributed by atoms with Crippen LogP contribution < -0.4 is 0 Å². The molecular formula is C14H24F3NO3. The first-order valence-electron chi connectivity index (χ1n) is 7.55. The summed E-state index contributed by atoms with van der Waals surface area (Å²) in [4.78, 5) is 1.88. The number of alkyl halides is 3. The molecule has 2 aliphatic rings. The maximum absolute atomic E-state index is 12.6. The van der Waals surface area contributed by atoms with Gasteiger partial charge in [-0.3, -0.25) is 4.90 Å². The van der Waals surface area contributed by atoms with Gasteiger partial charge in [-0.25, -0.2) is 0 Å². The van der Waals surface area contributed by atoms with Gasteiger partial charge in [-0.1, -0.05) is 0 Å². The molecule has 1 aliphatic carbocycles. The van der Waals surface area contributed by atoms with Gasteiger partial charge in [-0.2, -0.15) is 13.2 Å². The molecule has 2 rings (SSSR count). The number of hydrogen-bond donors (Lipinski definition) is 3. The van der Waals surface area contributed by atoms with Crippen molar-refractivity contribution in [3.8, 4) is 0 Å². The van der Waals surface area contributed by atoms with Crippen molar-refractivity contribution in [3.05, 3.63) is 0 Å². The third-order valence-electron chi connectivity index (χ3n) is 5.04. The fraction of sp³-hybridized carbons (Fsp3) is 1.00. The van der Waals surface area contributed by atoms with E-state index in [1.165, 1.54) is 0 Å². The van der Waals surface area contributed by atoms with Crippen LogP contribution in [0.1, 0.15) is 32.6 Å². The average molecular weight is 311 g/mol. The monoisotopic (exact) mass is 311 g/mol. The van der Waals surface area contributed by atoms with E-state index in [1.807, 2.05) is 4.90 Å². The molecule has 0 amide bonds. The summed E-state index contributed by atoms with van der Waals surface area (Å²) in [6.07, 6.45) is -5.95. The highest BCUT2D eigenvalue weighted by atomic mass is 19.4. The molecule has 4 unspecified atom stereocenters. The fourth-order valence-corrected chi connectivity index (χ4v) is 3.49. The van der Waals surface area contributed by atoms with Crippen molar-refractivity contribution >= 4 is 0 Å². The predicted octanol–water partition coefficient (Wildman–Crippen LogP) is 1.14. The Bertz CT molecular complexity index is 345. The molecule has 0 aromatic heterocycles. The van der Waals surface area contributed by atoms with E-state index in [9.17, 15) is 28.5 Å². The van der Waals surface area contributed by atoms with Crippen molar-refractivity contribution in [1.29, 1.82) is 0 Å². The quantitative estimate of drug-likeness (QED) is 0.716. The van der Waals surface area contributed by atoms with Gasteiger partial charge in [-0.15, -0.1) is 0 Å². The summed E-state index contributed by atoms with van der Waals surface area (Å²) in [5, 5.41) is 29.2. The van der Waals surface area contributed by atoms with Crippen molar-refractivity contribution in [3.63, 3.8) is 0 Å². The summed E-state index contributed by atoms with van der Waals surface area (Å²) >= 11 is 0. The lowest BCUT2D eigenvalue weighted by Crippen LogP contribution is -2.60. The van der Waals surface area contributed by atoms with Gasteiger partial charge in [0.1, 0.15) is 6.10 Å². The second kappa shape index (κ2) is 6.40. The first-order chi connectivity index (χ1) is 9.70. The summed E-state index contributed by atoms with van der Waals surface area (Å²) in [6, 6.07) is -0.302. The van der Waals surface area contributed by atoms with Crippen molar-refractivity contribution in [2.45, 2.75) is 63.1 Å². The van der Waals surface area contributed by atoms with E-state index in [-0.39, 0.29) is 31.3 Å². The SMILES string of the molecule is CC1C(O)C(O)C(O)CN1CC1CCC(C(F)(F)F)CC1. The second-order valence-electron chi connectivity index (χ2n) is 6.50. The Balaban J connectivity index is 1.86. The molecule has 0 aromatic rings. The first-order valence-corrected chi connectivity index (χ1v) is 7.55. The molecule has 0 aromatic carbocycles. The highest BCUT2D eigenvalue weighted by Gasteiger charge is 2.43. The van der Waals surface area contributed by atoms with Crippen LogP contribution in [0.5, 0.6) is 0 Å². The standard InChI is InChI=1S/C14H24F3NO3/c1-8-12(20)13(21)11(19)7-18(8)6-9-2-4-10(5-3-9)14(15,16)17/h8-13,19-21H,2-7H2,1H3. The van der Waals surface area contributed by atoms with E-state index in [0.717, 1.165) is 0 Å². The molecule has 0 bridgehead atoms. The van der Waals surface area contributed by atoms with Crippen molar-refractivity contribution < 1.29 is 28.5 Å². The number of aliphatic hydroxyl groups excluding tert-OH is 3. The number of rotatable bonds is 2. The minimum absolute atomic E-state index is 0.153. The van der Waals surface area contributed by atoms with Crippen LogP contribution in [0.3, 0.4) is 0 Å². The third kappa shape index (κ3) is 3.88. The molecule has 1 aliphatic heterocycles. The highest BCUT2D eigenvalue weighted by molar-refractivity contribution is 4.93. The summed E-state index contributed by atoms with van der Waals surface area (Å²) in [6.45, 7) is 2.58. The summed E-state index contributed by atoms with van der Waals surface area (Å²) in [5.41, 5.74) is 0. The Labute approximate surface area is 122 Å². The predicted molar refractivity (Wildman–Crippen MR) is 70.6 cm³/mol. The van der Waals surface area contributed by atoms with Crippen LogP contribution in [0.4, 0.5) is 13.2 Å². The topological polar surface area (TPSA) is 63.9 Å². The Morgan fingerprint density at radius 3 is 2.10 bits per heavy atom. The Kier molecular flexibility index (Phi) is 5.18. The summed E-state index contributed by atoms with van der Waals surface area (Å²) in [7, 11) is 0. The lowest BCUT2D eigenvalue weighted by atomic mass is 9.80. The Morgan fingerprint density at radius 1 is 1.00 bits per heavy atom. The molecule has 1 saturated carbocycles. The molecule has 124 valence electrons. The fourth-order valence-electron chi connectivity index (χ4n) is 3.49. The van der Waals surface area contributed by atoms with E-state index in [2.05, 4.69) is 0 Å². The van der Waals surface area contributed by atoms with Gasteiger partial charge in [0.15, 0.2) is 0 Å². The molecule has 1 heterocycles. The van der Waals surface area contributed by atoms with Crippen molar-refractivity contribution in [2.24, 2.45) is 11.8 Å². The smallest absolute Gasteiger partial charge is 0.389 e. The van der Waals surface area contributed by atoms with Crippen LogP contribution in [0, 0.1) is 11.8 Å². The van der Waals surface area contributed by atoms with Crippen LogP contribution in [0.15, 0.2) is 0 Å². The number of piperidine rings is 1. The Morgan fingerprint density at radius 2 is 1.57 bits per heavy atom. The zero-order valence-electron chi connectivity index (χ0n) is 12.1. The van der Waals surface area contributed by atoms with E-state index in [4.69, 9.17) is 0 Å². The molecule has 4 nitrogen and oxygen atoms in total. The van der Waals surface area contributed by atoms with Crippen molar-refractivity contribution in [1.82, 2.24) is 4.90 Å². The van der Waals surface area contributed by atoms with E-state index < -0.39 is 30.4 Å². The lowest BCUT2D eigenvalue weighted by molar-refractivity contribution is -0.185. The molecule has 3 N–H and O–H groups in total. The van der Waals surface area contributed by atoms with Gasteiger partial charge < -0.3 is 15.3 Å². The maximum atomic E-state index is 12.6. The molecule has 0 spiro atoms. The zero-order valence-corrected chi connectivity index (χ0v) is 12.1. The highest BCUT2D eigenvalue weighted by Crippen LogP contribution is 2.40. The van der Waals surface area contributed by atoms with Gasteiger partial charge in [-0.05, 0) is 38.5 Å². The normalized spacial score (nSPS) is 43.0. The van der Waals surface area contributed by atoms with Crippen LogP contribution >= 0.6 is 0 Å². The molecular weight excluding hydrogens is 287 g/mol. The van der Waals surface area contributed by atoms with Crippen LogP contribution in [-0.4, -0.2) is 63.8 Å². The van der Waals surface area contributed by atoms with Crippen LogP contribution in [0.25, 0.3) is 0 Å². The first kappa shape index (κ1) is 17.0. The second-order valence-corrected chi connectivity index (χ2v) is 6.50. The largest absolute Gasteiger partial charge is 0.391 e. The zero-order chi connectivity index (χ0) is 15.8. The molecule has 21 heavy (non-hydrogen) atoms. The Hall–Kier alpha value is -0.370. The molecule has 2 fully saturated rings.